The van der Waals surface area contributed by atoms with E-state index in [0.29, 0.717) is 18.6 Å². The molecular weight excluding hydrogens is 228 g/mol. The molecule has 0 bridgehead atoms. The third-order valence-corrected chi connectivity index (χ3v) is 3.28. The Morgan fingerprint density at radius 3 is 2.36 bits per heavy atom. The van der Waals surface area contributed by atoms with Crippen molar-refractivity contribution in [2.24, 2.45) is 0 Å². The van der Waals surface area contributed by atoms with Crippen LogP contribution in [0, 0.1) is 0 Å². The number of unbranched alkanes of at least 4 members (excludes halogenated alkanes) is 1. The van der Waals surface area contributed by atoms with Gasteiger partial charge in [-0.1, -0.05) is 0 Å². The summed E-state index contributed by atoms with van der Waals surface area (Å²) in [7, 11) is -3.83. The van der Waals surface area contributed by atoms with Gasteiger partial charge in [0, 0.05) is 5.75 Å². The molecule has 0 aromatic heterocycles. The molecule has 0 aliphatic carbocycles. The summed E-state index contributed by atoms with van der Waals surface area (Å²) < 4.78 is 28.9. The molecule has 0 aromatic carbocycles. The molecule has 0 saturated heterocycles. The summed E-state index contributed by atoms with van der Waals surface area (Å²) in [5.74, 6) is 0.228. The van der Waals surface area contributed by atoms with Crippen LogP contribution < -0.4 is 0 Å². The van der Waals surface area contributed by atoms with E-state index in [1.165, 1.54) is 11.8 Å². The minimum atomic E-state index is -3.83. The molecule has 14 heavy (non-hydrogen) atoms. The number of carboxylic acids is 1. The predicted octanol–water partition coefficient (Wildman–Crippen LogP) is 0.862. The molecule has 0 rings (SSSR count). The number of aliphatic carboxylic acids is 1. The Labute approximate surface area is 87.6 Å². The molecule has 0 spiro atoms. The van der Waals surface area contributed by atoms with Gasteiger partial charge in [-0.25, -0.2) is 0 Å². The molecule has 7 heteroatoms. The van der Waals surface area contributed by atoms with Crippen molar-refractivity contribution in [2.45, 2.75) is 19.3 Å². The molecule has 0 saturated carbocycles. The van der Waals surface area contributed by atoms with E-state index >= 15 is 0 Å². The van der Waals surface area contributed by atoms with Crippen LogP contribution in [0.3, 0.4) is 0 Å². The van der Waals surface area contributed by atoms with Gasteiger partial charge in [-0.3, -0.25) is 9.35 Å². The van der Waals surface area contributed by atoms with Crippen molar-refractivity contribution in [1.82, 2.24) is 0 Å². The lowest BCUT2D eigenvalue weighted by atomic mass is 10.4. The fourth-order valence-electron chi connectivity index (χ4n) is 0.750. The lowest BCUT2D eigenvalue weighted by Gasteiger charge is -1.98. The highest BCUT2D eigenvalue weighted by molar-refractivity contribution is 7.99. The van der Waals surface area contributed by atoms with Gasteiger partial charge in [0.15, 0.2) is 0 Å². The van der Waals surface area contributed by atoms with Crippen molar-refractivity contribution in [3.63, 3.8) is 0 Å². The lowest BCUT2D eigenvalue weighted by Crippen LogP contribution is -2.04. The largest absolute Gasteiger partial charge is 0.481 e. The number of carbonyl (C=O) groups is 1. The van der Waals surface area contributed by atoms with Crippen LogP contribution in [0.5, 0.6) is 0 Å². The van der Waals surface area contributed by atoms with Crippen LogP contribution in [0.4, 0.5) is 0 Å². The molecule has 2 N–H and O–H groups in total. The van der Waals surface area contributed by atoms with Gasteiger partial charge in [0.25, 0.3) is 10.1 Å². The Morgan fingerprint density at radius 2 is 1.86 bits per heavy atom. The first-order valence-corrected chi connectivity index (χ1v) is 6.93. The maximum absolute atomic E-state index is 10.3. The smallest absolute Gasteiger partial charge is 0.304 e. The normalized spacial score (nSPS) is 11.5. The third kappa shape index (κ3) is 11.7. The highest BCUT2D eigenvalue weighted by atomic mass is 32.2. The van der Waals surface area contributed by atoms with Gasteiger partial charge in [-0.05, 0) is 18.6 Å². The van der Waals surface area contributed by atoms with Gasteiger partial charge in [-0.2, -0.15) is 20.2 Å². The number of hydrogen-bond donors (Lipinski definition) is 2. The Kier molecular flexibility index (Phi) is 6.94. The summed E-state index contributed by atoms with van der Waals surface area (Å²) in [6.45, 7) is 0. The topological polar surface area (TPSA) is 91.7 Å². The molecule has 0 amide bonds. The van der Waals surface area contributed by atoms with E-state index in [2.05, 4.69) is 0 Å². The summed E-state index contributed by atoms with van der Waals surface area (Å²) in [6, 6.07) is 0. The monoisotopic (exact) mass is 242 g/mol. The van der Waals surface area contributed by atoms with E-state index in [0.717, 1.165) is 5.75 Å². The third-order valence-electron chi connectivity index (χ3n) is 1.40. The van der Waals surface area contributed by atoms with Gasteiger partial charge in [0.2, 0.25) is 0 Å². The zero-order chi connectivity index (χ0) is 11.0. The van der Waals surface area contributed by atoms with Crippen LogP contribution in [0.25, 0.3) is 0 Å². The van der Waals surface area contributed by atoms with Crippen molar-refractivity contribution in [2.75, 3.05) is 17.3 Å². The molecule has 0 heterocycles. The average molecular weight is 242 g/mol. The van der Waals surface area contributed by atoms with Crippen LogP contribution in [0.2, 0.25) is 0 Å². The van der Waals surface area contributed by atoms with E-state index in [1.54, 1.807) is 0 Å². The fourth-order valence-corrected chi connectivity index (χ4v) is 2.25. The first-order valence-electron chi connectivity index (χ1n) is 4.16. The summed E-state index contributed by atoms with van der Waals surface area (Å²) >= 11 is 1.47. The number of hydrogen-bond acceptors (Lipinski definition) is 4. The van der Waals surface area contributed by atoms with E-state index in [-0.39, 0.29) is 12.2 Å². The van der Waals surface area contributed by atoms with Gasteiger partial charge >= 0.3 is 5.97 Å². The second-order valence-corrected chi connectivity index (χ2v) is 5.55. The molecule has 0 aliphatic heterocycles. The van der Waals surface area contributed by atoms with Crippen LogP contribution in [0.1, 0.15) is 19.3 Å². The van der Waals surface area contributed by atoms with Crippen molar-refractivity contribution >= 4 is 27.8 Å². The Hall–Kier alpha value is -0.270. The second kappa shape index (κ2) is 7.08. The Balaban J connectivity index is 3.19. The molecule has 0 atom stereocenters. The molecule has 0 unspecified atom stereocenters. The van der Waals surface area contributed by atoms with Crippen LogP contribution in [-0.2, 0) is 14.9 Å². The summed E-state index contributed by atoms with van der Waals surface area (Å²) in [5, 5.41) is 8.30. The zero-order valence-electron chi connectivity index (χ0n) is 7.68. The number of carboxylic acid groups (broad SMARTS) is 1. The van der Waals surface area contributed by atoms with E-state index in [4.69, 9.17) is 9.66 Å². The average Bonchev–Trinajstić information content (AvgIpc) is 2.00. The minimum Gasteiger partial charge on any atom is -0.481 e. The standard InChI is InChI=1S/C7H14O5S2/c8-7(9)3-5-13-4-1-2-6-14(10,11)12/h1-6H2,(H,8,9)(H,10,11,12). The first-order chi connectivity index (χ1) is 6.42. The molecule has 0 aliphatic rings. The van der Waals surface area contributed by atoms with Crippen molar-refractivity contribution < 1.29 is 22.9 Å². The van der Waals surface area contributed by atoms with E-state index in [9.17, 15) is 13.2 Å². The summed E-state index contributed by atoms with van der Waals surface area (Å²) in [6.07, 6.45) is 1.21. The predicted molar refractivity (Wildman–Crippen MR) is 55.2 cm³/mol. The van der Waals surface area contributed by atoms with Crippen LogP contribution >= 0.6 is 11.8 Å². The summed E-state index contributed by atoms with van der Waals surface area (Å²) in [4.78, 5) is 10.1. The Morgan fingerprint density at radius 1 is 1.21 bits per heavy atom. The number of rotatable bonds is 8. The molecule has 0 fully saturated rings. The highest BCUT2D eigenvalue weighted by Crippen LogP contribution is 2.06. The maximum Gasteiger partial charge on any atom is 0.304 e. The van der Waals surface area contributed by atoms with Crippen molar-refractivity contribution in [3.8, 4) is 0 Å². The molecule has 0 aromatic rings. The lowest BCUT2D eigenvalue weighted by molar-refractivity contribution is -0.136. The maximum atomic E-state index is 10.3. The van der Waals surface area contributed by atoms with Crippen LogP contribution in [0.15, 0.2) is 0 Å². The molecular formula is C7H14O5S2. The number of thioether (sulfide) groups is 1. The zero-order valence-corrected chi connectivity index (χ0v) is 9.31. The van der Waals surface area contributed by atoms with E-state index < -0.39 is 16.1 Å². The van der Waals surface area contributed by atoms with Gasteiger partial charge < -0.3 is 5.11 Å². The second-order valence-electron chi connectivity index (χ2n) is 2.75. The van der Waals surface area contributed by atoms with Crippen molar-refractivity contribution in [3.05, 3.63) is 0 Å². The fraction of sp³-hybridized carbons (Fsp3) is 0.857. The SMILES string of the molecule is O=C(O)CCSCCCCS(=O)(=O)O. The van der Waals surface area contributed by atoms with Crippen molar-refractivity contribution in [1.29, 1.82) is 0 Å². The Bertz CT molecular complexity index is 259. The van der Waals surface area contributed by atoms with Gasteiger partial charge in [0.05, 0.1) is 12.2 Å². The molecule has 0 radical (unpaired) electrons. The quantitative estimate of drug-likeness (QED) is 0.484. The molecule has 5 nitrogen and oxygen atoms in total. The summed E-state index contributed by atoms with van der Waals surface area (Å²) in [5.41, 5.74) is 0. The first kappa shape index (κ1) is 13.7. The van der Waals surface area contributed by atoms with Gasteiger partial charge in [-0.15, -0.1) is 0 Å². The van der Waals surface area contributed by atoms with Gasteiger partial charge in [0.1, 0.15) is 0 Å². The molecule has 84 valence electrons. The van der Waals surface area contributed by atoms with Crippen LogP contribution in [-0.4, -0.2) is 41.3 Å². The minimum absolute atomic E-state index is 0.128. The highest BCUT2D eigenvalue weighted by Gasteiger charge is 2.03. The van der Waals surface area contributed by atoms with E-state index in [1.807, 2.05) is 0 Å².